The van der Waals surface area contributed by atoms with E-state index < -0.39 is 0 Å². The number of hydrogen-bond donors (Lipinski definition) is 2. The molecule has 0 bridgehead atoms. The lowest BCUT2D eigenvalue weighted by atomic mass is 9.47. The molecule has 3 saturated carbocycles. The van der Waals surface area contributed by atoms with Crippen molar-refractivity contribution in [1.82, 2.24) is 5.32 Å². The normalized spacial score (nSPS) is 58.6. The highest BCUT2D eigenvalue weighted by molar-refractivity contribution is 5.10. The van der Waals surface area contributed by atoms with Crippen LogP contribution in [0.4, 0.5) is 0 Å². The summed E-state index contributed by atoms with van der Waals surface area (Å²) in [4.78, 5) is 0. The maximum absolute atomic E-state index is 10.5. The standard InChI is InChI=1S/C18H31NO/c1-17-9-3-11-19-15(17)6-4-12-13-5-7-16(20)18(13,2)10-8-14(12)17/h12-16,19-20H,3-11H2,1-2H3/t12-,13-,14-,15?,16?,17+,18-/m0/s1. The SMILES string of the molecule is C[C@]12CCCNC1CC[C@@H]1[C@@H]2CC[C@]2(C)C(O)CC[C@@H]12. The molecule has 4 fully saturated rings. The summed E-state index contributed by atoms with van der Waals surface area (Å²) < 4.78 is 0. The first kappa shape index (κ1) is 13.6. The van der Waals surface area contributed by atoms with Crippen molar-refractivity contribution in [3.05, 3.63) is 0 Å². The van der Waals surface area contributed by atoms with Crippen molar-refractivity contribution in [3.8, 4) is 0 Å². The second-order valence-electron chi connectivity index (χ2n) is 8.71. The number of hydrogen-bond acceptors (Lipinski definition) is 2. The molecule has 4 aliphatic rings. The van der Waals surface area contributed by atoms with E-state index in [1.54, 1.807) is 0 Å². The van der Waals surface area contributed by atoms with Gasteiger partial charge in [0.05, 0.1) is 6.10 Å². The minimum atomic E-state index is -0.0246. The van der Waals surface area contributed by atoms with Crippen molar-refractivity contribution in [2.75, 3.05) is 6.54 Å². The Kier molecular flexibility index (Phi) is 3.03. The van der Waals surface area contributed by atoms with E-state index in [4.69, 9.17) is 0 Å². The van der Waals surface area contributed by atoms with E-state index in [1.165, 1.54) is 51.5 Å². The van der Waals surface area contributed by atoms with Crippen molar-refractivity contribution >= 4 is 0 Å². The molecule has 2 N–H and O–H groups in total. The first-order valence-electron chi connectivity index (χ1n) is 8.97. The van der Waals surface area contributed by atoms with Crippen LogP contribution in [-0.2, 0) is 0 Å². The van der Waals surface area contributed by atoms with Crippen LogP contribution in [-0.4, -0.2) is 23.8 Å². The molecule has 0 aromatic carbocycles. The van der Waals surface area contributed by atoms with Gasteiger partial charge in [-0.25, -0.2) is 0 Å². The van der Waals surface area contributed by atoms with E-state index in [1.807, 2.05) is 0 Å². The fourth-order valence-electron chi connectivity index (χ4n) is 6.87. The van der Waals surface area contributed by atoms with Crippen LogP contribution in [0.3, 0.4) is 0 Å². The lowest BCUT2D eigenvalue weighted by Gasteiger charge is -2.60. The molecule has 0 spiro atoms. The topological polar surface area (TPSA) is 32.3 Å². The molecule has 0 aromatic rings. The maximum Gasteiger partial charge on any atom is 0.0596 e. The number of nitrogens with one attached hydrogen (secondary N) is 1. The summed E-state index contributed by atoms with van der Waals surface area (Å²) in [5, 5.41) is 14.3. The largest absolute Gasteiger partial charge is 0.393 e. The second kappa shape index (κ2) is 4.46. The highest BCUT2D eigenvalue weighted by Gasteiger charge is 2.59. The van der Waals surface area contributed by atoms with Crippen LogP contribution in [0.1, 0.15) is 65.2 Å². The van der Waals surface area contributed by atoms with Crippen LogP contribution in [0.15, 0.2) is 0 Å². The molecule has 2 nitrogen and oxygen atoms in total. The van der Waals surface area contributed by atoms with E-state index in [-0.39, 0.29) is 11.5 Å². The first-order chi connectivity index (χ1) is 9.56. The van der Waals surface area contributed by atoms with Crippen LogP contribution >= 0.6 is 0 Å². The van der Waals surface area contributed by atoms with Gasteiger partial charge in [-0.3, -0.25) is 0 Å². The van der Waals surface area contributed by atoms with Gasteiger partial charge in [-0.05, 0) is 86.5 Å². The van der Waals surface area contributed by atoms with Gasteiger partial charge in [-0.1, -0.05) is 13.8 Å². The molecule has 20 heavy (non-hydrogen) atoms. The third kappa shape index (κ3) is 1.64. The van der Waals surface area contributed by atoms with Crippen LogP contribution < -0.4 is 5.32 Å². The quantitative estimate of drug-likeness (QED) is 0.712. The third-order valence-corrected chi connectivity index (χ3v) is 8.10. The first-order valence-corrected chi connectivity index (χ1v) is 8.97. The fraction of sp³-hybridized carbons (Fsp3) is 1.00. The van der Waals surface area contributed by atoms with Gasteiger partial charge < -0.3 is 10.4 Å². The minimum Gasteiger partial charge on any atom is -0.393 e. The van der Waals surface area contributed by atoms with Crippen LogP contribution in [0, 0.1) is 28.6 Å². The van der Waals surface area contributed by atoms with Crippen molar-refractivity contribution in [2.24, 2.45) is 28.6 Å². The predicted octanol–water partition coefficient (Wildman–Crippen LogP) is 3.34. The van der Waals surface area contributed by atoms with Gasteiger partial charge in [0.15, 0.2) is 0 Å². The van der Waals surface area contributed by atoms with E-state index in [2.05, 4.69) is 19.2 Å². The molecule has 1 aliphatic heterocycles. The molecule has 1 saturated heterocycles. The van der Waals surface area contributed by atoms with E-state index >= 15 is 0 Å². The molecule has 2 heteroatoms. The Bertz CT molecular complexity index is 397. The Morgan fingerprint density at radius 1 is 0.900 bits per heavy atom. The molecule has 0 radical (unpaired) electrons. The molecule has 7 atom stereocenters. The number of piperidine rings is 1. The lowest BCUT2D eigenvalue weighted by molar-refractivity contribution is -0.106. The Labute approximate surface area is 123 Å². The maximum atomic E-state index is 10.5. The average Bonchev–Trinajstić information content (AvgIpc) is 2.74. The zero-order chi connectivity index (χ0) is 14.0. The van der Waals surface area contributed by atoms with Gasteiger partial charge in [0, 0.05) is 6.04 Å². The van der Waals surface area contributed by atoms with Crippen LogP contribution in [0.25, 0.3) is 0 Å². The minimum absolute atomic E-state index is 0.0246. The Morgan fingerprint density at radius 3 is 2.55 bits per heavy atom. The van der Waals surface area contributed by atoms with Crippen molar-refractivity contribution in [1.29, 1.82) is 0 Å². The lowest BCUT2D eigenvalue weighted by Crippen LogP contribution is -2.60. The third-order valence-electron chi connectivity index (χ3n) is 8.10. The zero-order valence-corrected chi connectivity index (χ0v) is 13.2. The summed E-state index contributed by atoms with van der Waals surface area (Å²) in [6.45, 7) is 6.20. The van der Waals surface area contributed by atoms with Crippen molar-refractivity contribution in [3.63, 3.8) is 0 Å². The Hall–Kier alpha value is -0.0800. The van der Waals surface area contributed by atoms with E-state index in [0.29, 0.717) is 5.41 Å². The van der Waals surface area contributed by atoms with Crippen molar-refractivity contribution < 1.29 is 5.11 Å². The zero-order valence-electron chi connectivity index (χ0n) is 13.2. The average molecular weight is 277 g/mol. The van der Waals surface area contributed by atoms with Gasteiger partial charge in [0.25, 0.3) is 0 Å². The molecule has 1 heterocycles. The molecule has 3 aliphatic carbocycles. The number of fused-ring (bicyclic) bond motifs is 5. The fourth-order valence-corrected chi connectivity index (χ4v) is 6.87. The smallest absolute Gasteiger partial charge is 0.0596 e. The van der Waals surface area contributed by atoms with Crippen molar-refractivity contribution in [2.45, 2.75) is 77.4 Å². The van der Waals surface area contributed by atoms with E-state index in [9.17, 15) is 5.11 Å². The number of aliphatic hydroxyl groups is 1. The van der Waals surface area contributed by atoms with Gasteiger partial charge in [0.1, 0.15) is 0 Å². The summed E-state index contributed by atoms with van der Waals surface area (Å²) in [7, 11) is 0. The molecule has 114 valence electrons. The molecule has 0 amide bonds. The Morgan fingerprint density at radius 2 is 1.70 bits per heavy atom. The molecular weight excluding hydrogens is 246 g/mol. The van der Waals surface area contributed by atoms with Gasteiger partial charge >= 0.3 is 0 Å². The summed E-state index contributed by atoms with van der Waals surface area (Å²) in [5.74, 6) is 2.61. The summed E-state index contributed by atoms with van der Waals surface area (Å²) in [6.07, 6.45) is 10.5. The molecule has 2 unspecified atom stereocenters. The highest BCUT2D eigenvalue weighted by atomic mass is 16.3. The molecule has 4 rings (SSSR count). The monoisotopic (exact) mass is 277 g/mol. The van der Waals surface area contributed by atoms with Gasteiger partial charge in [-0.2, -0.15) is 0 Å². The summed E-state index contributed by atoms with van der Waals surface area (Å²) >= 11 is 0. The summed E-state index contributed by atoms with van der Waals surface area (Å²) in [5.41, 5.74) is 0.780. The Balaban J connectivity index is 1.64. The number of aliphatic hydroxyl groups excluding tert-OH is 1. The second-order valence-corrected chi connectivity index (χ2v) is 8.71. The number of rotatable bonds is 0. The predicted molar refractivity (Wildman–Crippen MR) is 81.4 cm³/mol. The summed E-state index contributed by atoms with van der Waals surface area (Å²) in [6, 6.07) is 0.771. The molecular formula is C18H31NO. The van der Waals surface area contributed by atoms with E-state index in [0.717, 1.165) is 30.2 Å². The van der Waals surface area contributed by atoms with Crippen LogP contribution in [0.2, 0.25) is 0 Å². The molecule has 0 aromatic heterocycles. The van der Waals surface area contributed by atoms with Crippen LogP contribution in [0.5, 0.6) is 0 Å². The van der Waals surface area contributed by atoms with Gasteiger partial charge in [0.2, 0.25) is 0 Å². The highest BCUT2D eigenvalue weighted by Crippen LogP contribution is 2.63. The van der Waals surface area contributed by atoms with Gasteiger partial charge in [-0.15, -0.1) is 0 Å².